The van der Waals surface area contributed by atoms with Crippen LogP contribution in [0, 0.1) is 0 Å². The average molecular weight is 310 g/mol. The molecular formula is C16H17Cl2NO. The molecule has 0 heterocycles. The van der Waals surface area contributed by atoms with E-state index in [0.29, 0.717) is 5.02 Å². The van der Waals surface area contributed by atoms with Crippen LogP contribution in [0.4, 0.5) is 0 Å². The van der Waals surface area contributed by atoms with Crippen molar-refractivity contribution in [3.8, 4) is 5.75 Å². The minimum absolute atomic E-state index is 0.154. The smallest absolute Gasteiger partial charge is 0.119 e. The molecule has 0 fully saturated rings. The van der Waals surface area contributed by atoms with Crippen LogP contribution in [0.3, 0.4) is 0 Å². The first-order chi connectivity index (χ1) is 9.63. The van der Waals surface area contributed by atoms with E-state index >= 15 is 0 Å². The van der Waals surface area contributed by atoms with E-state index in [0.717, 1.165) is 28.3 Å². The summed E-state index contributed by atoms with van der Waals surface area (Å²) < 4.78 is 5.27. The van der Waals surface area contributed by atoms with Gasteiger partial charge in [-0.05, 0) is 54.9 Å². The summed E-state index contributed by atoms with van der Waals surface area (Å²) in [7, 11) is 3.60. The number of methoxy groups -OCH3 is 1. The van der Waals surface area contributed by atoms with E-state index in [-0.39, 0.29) is 6.04 Å². The molecule has 2 rings (SSSR count). The van der Waals surface area contributed by atoms with Gasteiger partial charge in [0.05, 0.1) is 7.11 Å². The van der Waals surface area contributed by atoms with Gasteiger partial charge in [-0.25, -0.2) is 0 Å². The van der Waals surface area contributed by atoms with Crippen LogP contribution in [0.25, 0.3) is 0 Å². The molecule has 0 saturated heterocycles. The lowest BCUT2D eigenvalue weighted by Crippen LogP contribution is -2.19. The van der Waals surface area contributed by atoms with Crippen molar-refractivity contribution in [3.05, 3.63) is 63.6 Å². The van der Waals surface area contributed by atoms with Crippen molar-refractivity contribution in [2.45, 2.75) is 12.5 Å². The zero-order valence-electron chi connectivity index (χ0n) is 11.5. The summed E-state index contributed by atoms with van der Waals surface area (Å²) >= 11 is 12.3. The highest BCUT2D eigenvalue weighted by atomic mass is 35.5. The summed E-state index contributed by atoms with van der Waals surface area (Å²) in [6.45, 7) is 0. The van der Waals surface area contributed by atoms with Crippen LogP contribution in [0.2, 0.25) is 10.0 Å². The minimum Gasteiger partial charge on any atom is -0.497 e. The predicted octanol–water partition coefficient (Wildman–Crippen LogP) is 4.51. The highest BCUT2D eigenvalue weighted by molar-refractivity contribution is 6.33. The topological polar surface area (TPSA) is 21.3 Å². The number of hydrogen-bond donors (Lipinski definition) is 1. The van der Waals surface area contributed by atoms with E-state index in [1.807, 2.05) is 37.4 Å². The quantitative estimate of drug-likeness (QED) is 0.877. The largest absolute Gasteiger partial charge is 0.497 e. The van der Waals surface area contributed by atoms with E-state index in [4.69, 9.17) is 27.9 Å². The molecule has 0 saturated carbocycles. The number of nitrogens with one attached hydrogen (secondary N) is 1. The van der Waals surface area contributed by atoms with E-state index in [1.54, 1.807) is 13.2 Å². The van der Waals surface area contributed by atoms with E-state index in [9.17, 15) is 0 Å². The molecule has 4 heteroatoms. The summed E-state index contributed by atoms with van der Waals surface area (Å²) in [5, 5.41) is 4.74. The highest BCUT2D eigenvalue weighted by Crippen LogP contribution is 2.27. The molecule has 0 bridgehead atoms. The molecule has 0 aliphatic carbocycles. The van der Waals surface area contributed by atoms with Crippen molar-refractivity contribution in [1.29, 1.82) is 0 Å². The van der Waals surface area contributed by atoms with Crippen LogP contribution in [-0.2, 0) is 6.42 Å². The predicted molar refractivity (Wildman–Crippen MR) is 85.0 cm³/mol. The van der Waals surface area contributed by atoms with Gasteiger partial charge in [0, 0.05) is 16.1 Å². The van der Waals surface area contributed by atoms with Crippen LogP contribution in [0.5, 0.6) is 5.75 Å². The number of rotatable bonds is 5. The molecule has 0 amide bonds. The van der Waals surface area contributed by atoms with Crippen LogP contribution in [0.1, 0.15) is 17.2 Å². The molecule has 0 aromatic heterocycles. The molecule has 2 aromatic carbocycles. The lowest BCUT2D eigenvalue weighted by molar-refractivity contribution is 0.413. The lowest BCUT2D eigenvalue weighted by atomic mass is 9.99. The number of halogens is 2. The Bertz CT molecular complexity index is 586. The van der Waals surface area contributed by atoms with Crippen molar-refractivity contribution in [2.75, 3.05) is 14.2 Å². The molecule has 0 spiro atoms. The summed E-state index contributed by atoms with van der Waals surface area (Å²) in [6, 6.07) is 13.7. The van der Waals surface area contributed by atoms with Crippen LogP contribution < -0.4 is 10.1 Å². The minimum atomic E-state index is 0.154. The maximum absolute atomic E-state index is 6.23. The first-order valence-corrected chi connectivity index (χ1v) is 7.14. The molecular weight excluding hydrogens is 293 g/mol. The van der Waals surface area contributed by atoms with Gasteiger partial charge in [0.2, 0.25) is 0 Å². The van der Waals surface area contributed by atoms with Crippen molar-refractivity contribution in [1.82, 2.24) is 5.32 Å². The zero-order chi connectivity index (χ0) is 14.5. The van der Waals surface area contributed by atoms with E-state index in [2.05, 4.69) is 11.4 Å². The van der Waals surface area contributed by atoms with E-state index < -0.39 is 0 Å². The van der Waals surface area contributed by atoms with Gasteiger partial charge in [0.15, 0.2) is 0 Å². The molecule has 0 radical (unpaired) electrons. The summed E-state index contributed by atoms with van der Waals surface area (Å²) in [4.78, 5) is 0. The second kappa shape index (κ2) is 6.98. The first kappa shape index (κ1) is 15.2. The maximum atomic E-state index is 6.23. The molecule has 0 aliphatic rings. The Morgan fingerprint density at radius 3 is 2.65 bits per heavy atom. The lowest BCUT2D eigenvalue weighted by Gasteiger charge is -2.18. The van der Waals surface area contributed by atoms with Gasteiger partial charge in [0.1, 0.15) is 5.75 Å². The molecule has 1 atom stereocenters. The third-order valence-corrected chi connectivity index (χ3v) is 3.88. The first-order valence-electron chi connectivity index (χ1n) is 6.39. The molecule has 2 aromatic rings. The number of hydrogen-bond acceptors (Lipinski definition) is 2. The fourth-order valence-electron chi connectivity index (χ4n) is 2.16. The Balaban J connectivity index is 2.26. The zero-order valence-corrected chi connectivity index (χ0v) is 13.0. The maximum Gasteiger partial charge on any atom is 0.119 e. The Hall–Kier alpha value is -1.22. The molecule has 2 nitrogen and oxygen atoms in total. The Morgan fingerprint density at radius 2 is 1.95 bits per heavy atom. The van der Waals surface area contributed by atoms with Crippen molar-refractivity contribution in [2.24, 2.45) is 0 Å². The Kier molecular flexibility index (Phi) is 5.30. The van der Waals surface area contributed by atoms with E-state index in [1.165, 1.54) is 0 Å². The van der Waals surface area contributed by atoms with Gasteiger partial charge in [-0.3, -0.25) is 0 Å². The monoisotopic (exact) mass is 309 g/mol. The van der Waals surface area contributed by atoms with Crippen LogP contribution >= 0.6 is 23.2 Å². The van der Waals surface area contributed by atoms with Gasteiger partial charge in [0.25, 0.3) is 0 Å². The second-order valence-corrected chi connectivity index (χ2v) is 5.40. The van der Waals surface area contributed by atoms with Gasteiger partial charge in [-0.2, -0.15) is 0 Å². The normalized spacial score (nSPS) is 12.2. The van der Waals surface area contributed by atoms with Crippen LogP contribution in [-0.4, -0.2) is 14.2 Å². The van der Waals surface area contributed by atoms with Gasteiger partial charge < -0.3 is 10.1 Å². The number of likely N-dealkylation sites (N-methyl/N-ethyl adjacent to an activating group) is 1. The van der Waals surface area contributed by atoms with Gasteiger partial charge in [-0.1, -0.05) is 35.3 Å². The molecule has 20 heavy (non-hydrogen) atoms. The van der Waals surface area contributed by atoms with Crippen molar-refractivity contribution in [3.63, 3.8) is 0 Å². The second-order valence-electron chi connectivity index (χ2n) is 4.56. The van der Waals surface area contributed by atoms with Gasteiger partial charge >= 0.3 is 0 Å². The third kappa shape index (κ3) is 3.66. The fraction of sp³-hybridized carbons (Fsp3) is 0.250. The summed E-state index contributed by atoms with van der Waals surface area (Å²) in [5.41, 5.74) is 2.18. The summed E-state index contributed by atoms with van der Waals surface area (Å²) in [5.74, 6) is 0.847. The third-order valence-electron chi connectivity index (χ3n) is 3.28. The number of ether oxygens (including phenoxy) is 1. The molecule has 1 N–H and O–H groups in total. The standard InChI is InChI=1S/C16H17Cl2NO/c1-19-16(11-4-3-5-14(9-11)20-2)10-12-8-13(17)6-7-15(12)18/h3-9,16,19H,10H2,1-2H3. The molecule has 0 aliphatic heterocycles. The Morgan fingerprint density at radius 1 is 1.15 bits per heavy atom. The molecule has 1 unspecified atom stereocenters. The SMILES string of the molecule is CNC(Cc1cc(Cl)ccc1Cl)c1cccc(OC)c1. The summed E-state index contributed by atoms with van der Waals surface area (Å²) in [6.07, 6.45) is 0.767. The highest BCUT2D eigenvalue weighted by Gasteiger charge is 2.13. The Labute approximate surface area is 129 Å². The van der Waals surface area contributed by atoms with Crippen molar-refractivity contribution >= 4 is 23.2 Å². The van der Waals surface area contributed by atoms with Crippen molar-refractivity contribution < 1.29 is 4.74 Å². The fourth-order valence-corrected chi connectivity index (χ4v) is 2.55. The van der Waals surface area contributed by atoms with Crippen LogP contribution in [0.15, 0.2) is 42.5 Å². The van der Waals surface area contributed by atoms with Gasteiger partial charge in [-0.15, -0.1) is 0 Å². The average Bonchev–Trinajstić information content (AvgIpc) is 2.48. The molecule has 106 valence electrons. The number of benzene rings is 2.